The minimum absolute atomic E-state index is 0.464. The van der Waals surface area contributed by atoms with Crippen molar-refractivity contribution in [3.8, 4) is 0 Å². The van der Waals surface area contributed by atoms with Crippen LogP contribution >= 0.6 is 11.8 Å². The van der Waals surface area contributed by atoms with E-state index in [4.69, 9.17) is 0 Å². The van der Waals surface area contributed by atoms with Crippen molar-refractivity contribution in [1.29, 1.82) is 0 Å². The molecule has 0 saturated carbocycles. The van der Waals surface area contributed by atoms with Crippen LogP contribution in [0, 0.1) is 5.92 Å². The van der Waals surface area contributed by atoms with E-state index in [9.17, 15) is 0 Å². The first-order chi connectivity index (χ1) is 8.70. The van der Waals surface area contributed by atoms with E-state index in [1.165, 1.54) is 23.6 Å². The SMILES string of the molecule is CCCNC1CSCC1Cc1ccn(C(C)C)n1. The first-order valence-electron chi connectivity index (χ1n) is 7.06. The smallest absolute Gasteiger partial charge is 0.0628 e. The summed E-state index contributed by atoms with van der Waals surface area (Å²) in [5.74, 6) is 3.28. The summed E-state index contributed by atoms with van der Waals surface area (Å²) in [5, 5.41) is 8.34. The summed E-state index contributed by atoms with van der Waals surface area (Å²) in [6.45, 7) is 7.72. The van der Waals surface area contributed by atoms with Gasteiger partial charge >= 0.3 is 0 Å². The average molecular weight is 267 g/mol. The Balaban J connectivity index is 1.90. The van der Waals surface area contributed by atoms with Gasteiger partial charge in [-0.05, 0) is 51.0 Å². The molecule has 1 N–H and O–H groups in total. The highest BCUT2D eigenvalue weighted by atomic mass is 32.2. The molecule has 0 amide bonds. The number of hydrogen-bond donors (Lipinski definition) is 1. The maximum absolute atomic E-state index is 4.67. The molecule has 2 heterocycles. The molecule has 2 unspecified atom stereocenters. The van der Waals surface area contributed by atoms with Crippen molar-refractivity contribution in [2.75, 3.05) is 18.1 Å². The molecule has 0 aromatic carbocycles. The molecule has 1 aromatic heterocycles. The summed E-state index contributed by atoms with van der Waals surface area (Å²) in [7, 11) is 0. The maximum atomic E-state index is 4.67. The number of thioether (sulfide) groups is 1. The Bertz CT molecular complexity index is 362. The molecule has 1 fully saturated rings. The number of nitrogens with one attached hydrogen (secondary N) is 1. The summed E-state index contributed by atoms with van der Waals surface area (Å²) in [5.41, 5.74) is 1.25. The Morgan fingerprint density at radius 3 is 3.00 bits per heavy atom. The van der Waals surface area contributed by atoms with Gasteiger partial charge in [-0.25, -0.2) is 0 Å². The van der Waals surface area contributed by atoms with E-state index in [0.717, 1.165) is 18.9 Å². The molecular weight excluding hydrogens is 242 g/mol. The van der Waals surface area contributed by atoms with Crippen LogP contribution in [0.1, 0.15) is 38.9 Å². The van der Waals surface area contributed by atoms with Gasteiger partial charge in [0.05, 0.1) is 5.69 Å². The zero-order valence-electron chi connectivity index (χ0n) is 11.7. The van der Waals surface area contributed by atoms with Gasteiger partial charge in [0.15, 0.2) is 0 Å². The highest BCUT2D eigenvalue weighted by Gasteiger charge is 2.27. The van der Waals surface area contributed by atoms with Crippen molar-refractivity contribution in [3.05, 3.63) is 18.0 Å². The number of aromatic nitrogens is 2. The molecule has 0 bridgehead atoms. The van der Waals surface area contributed by atoms with Crippen LogP contribution < -0.4 is 5.32 Å². The lowest BCUT2D eigenvalue weighted by molar-refractivity contribution is 0.418. The van der Waals surface area contributed by atoms with Gasteiger partial charge in [0, 0.05) is 24.0 Å². The third-order valence-electron chi connectivity index (χ3n) is 3.52. The van der Waals surface area contributed by atoms with Crippen LogP contribution in [-0.4, -0.2) is 33.9 Å². The molecule has 102 valence electrons. The second kappa shape index (κ2) is 6.62. The van der Waals surface area contributed by atoms with Crippen molar-refractivity contribution in [1.82, 2.24) is 15.1 Å². The maximum Gasteiger partial charge on any atom is 0.0628 e. The molecule has 2 rings (SSSR count). The first kappa shape index (κ1) is 13.9. The van der Waals surface area contributed by atoms with E-state index >= 15 is 0 Å². The fourth-order valence-electron chi connectivity index (χ4n) is 2.40. The van der Waals surface area contributed by atoms with E-state index in [1.807, 2.05) is 0 Å². The monoisotopic (exact) mass is 267 g/mol. The van der Waals surface area contributed by atoms with Gasteiger partial charge in [-0.15, -0.1) is 0 Å². The van der Waals surface area contributed by atoms with E-state index in [1.54, 1.807) is 0 Å². The van der Waals surface area contributed by atoms with Crippen LogP contribution in [0.2, 0.25) is 0 Å². The molecule has 18 heavy (non-hydrogen) atoms. The lowest BCUT2D eigenvalue weighted by Gasteiger charge is -2.19. The number of nitrogens with zero attached hydrogens (tertiary/aromatic N) is 2. The van der Waals surface area contributed by atoms with Crippen LogP contribution in [0.15, 0.2) is 12.3 Å². The minimum atomic E-state index is 0.464. The third kappa shape index (κ3) is 3.51. The normalized spacial score (nSPS) is 24.0. The Morgan fingerprint density at radius 1 is 1.50 bits per heavy atom. The zero-order valence-corrected chi connectivity index (χ0v) is 12.5. The van der Waals surface area contributed by atoms with Gasteiger partial charge in [-0.2, -0.15) is 16.9 Å². The summed E-state index contributed by atoms with van der Waals surface area (Å²) < 4.78 is 2.06. The van der Waals surface area contributed by atoms with E-state index in [0.29, 0.717) is 12.1 Å². The predicted octanol–water partition coefficient (Wildman–Crippen LogP) is 2.74. The highest BCUT2D eigenvalue weighted by Crippen LogP contribution is 2.27. The lowest BCUT2D eigenvalue weighted by atomic mass is 9.98. The van der Waals surface area contributed by atoms with Crippen LogP contribution in [0.25, 0.3) is 0 Å². The molecule has 1 aromatic rings. The van der Waals surface area contributed by atoms with Gasteiger partial charge in [-0.1, -0.05) is 6.92 Å². The Labute approximate surface area is 115 Å². The van der Waals surface area contributed by atoms with E-state index in [2.05, 4.69) is 59.9 Å². The van der Waals surface area contributed by atoms with Crippen molar-refractivity contribution < 1.29 is 0 Å². The summed E-state index contributed by atoms with van der Waals surface area (Å²) in [6.07, 6.45) is 4.44. The minimum Gasteiger partial charge on any atom is -0.313 e. The van der Waals surface area contributed by atoms with Crippen molar-refractivity contribution in [2.45, 2.75) is 45.7 Å². The fourth-order valence-corrected chi connectivity index (χ4v) is 3.83. The van der Waals surface area contributed by atoms with Gasteiger partial charge in [0.2, 0.25) is 0 Å². The molecule has 3 nitrogen and oxygen atoms in total. The van der Waals surface area contributed by atoms with Crippen molar-refractivity contribution in [2.24, 2.45) is 5.92 Å². The molecule has 0 radical (unpaired) electrons. The molecule has 0 spiro atoms. The Kier molecular flexibility index (Phi) is 5.13. The van der Waals surface area contributed by atoms with Crippen molar-refractivity contribution in [3.63, 3.8) is 0 Å². The first-order valence-corrected chi connectivity index (χ1v) is 8.21. The summed E-state index contributed by atoms with van der Waals surface area (Å²) >= 11 is 2.08. The molecule has 1 aliphatic rings. The van der Waals surface area contributed by atoms with Crippen LogP contribution in [0.5, 0.6) is 0 Å². The second-order valence-corrected chi connectivity index (χ2v) is 6.52. The molecule has 1 saturated heterocycles. The van der Waals surface area contributed by atoms with Crippen LogP contribution in [0.3, 0.4) is 0 Å². The summed E-state index contributed by atoms with van der Waals surface area (Å²) in [4.78, 5) is 0. The van der Waals surface area contributed by atoms with E-state index < -0.39 is 0 Å². The van der Waals surface area contributed by atoms with Crippen molar-refractivity contribution >= 4 is 11.8 Å². The second-order valence-electron chi connectivity index (χ2n) is 5.44. The van der Waals surface area contributed by atoms with Gasteiger partial charge in [0.1, 0.15) is 0 Å². The fraction of sp³-hybridized carbons (Fsp3) is 0.786. The largest absolute Gasteiger partial charge is 0.313 e. The average Bonchev–Trinajstić information content (AvgIpc) is 2.96. The predicted molar refractivity (Wildman–Crippen MR) is 79.2 cm³/mol. The molecule has 2 atom stereocenters. The van der Waals surface area contributed by atoms with Crippen LogP contribution in [-0.2, 0) is 6.42 Å². The topological polar surface area (TPSA) is 29.9 Å². The van der Waals surface area contributed by atoms with E-state index in [-0.39, 0.29) is 0 Å². The highest BCUT2D eigenvalue weighted by molar-refractivity contribution is 7.99. The van der Waals surface area contributed by atoms with Gasteiger partial charge < -0.3 is 5.32 Å². The molecular formula is C14H25N3S. The molecule has 1 aliphatic heterocycles. The number of hydrogen-bond acceptors (Lipinski definition) is 3. The Hall–Kier alpha value is -0.480. The zero-order chi connectivity index (χ0) is 13.0. The third-order valence-corrected chi connectivity index (χ3v) is 4.78. The number of rotatable bonds is 6. The lowest BCUT2D eigenvalue weighted by Crippen LogP contribution is -2.36. The standard InChI is InChI=1S/C14H25N3S/c1-4-6-15-14-10-18-9-12(14)8-13-5-7-17(16-13)11(2)3/h5,7,11-12,14-15H,4,6,8-10H2,1-3H3. The van der Waals surface area contributed by atoms with Crippen LogP contribution in [0.4, 0.5) is 0 Å². The quantitative estimate of drug-likeness (QED) is 0.859. The molecule has 0 aliphatic carbocycles. The Morgan fingerprint density at radius 2 is 2.33 bits per heavy atom. The molecule has 4 heteroatoms. The van der Waals surface area contributed by atoms with Gasteiger partial charge in [-0.3, -0.25) is 4.68 Å². The van der Waals surface area contributed by atoms with Gasteiger partial charge in [0.25, 0.3) is 0 Å². The summed E-state index contributed by atoms with van der Waals surface area (Å²) in [6, 6.07) is 3.32.